The molecular formula is C21H29N3O4S. The van der Waals surface area contributed by atoms with Gasteiger partial charge in [0.1, 0.15) is 21.6 Å². The number of thiophene rings is 1. The summed E-state index contributed by atoms with van der Waals surface area (Å²) in [4.78, 5) is 42.8. The first-order chi connectivity index (χ1) is 13.8. The smallest absolute Gasteiger partial charge is 0.348 e. The molecule has 1 fully saturated rings. The van der Waals surface area contributed by atoms with Crippen LogP contribution in [0.1, 0.15) is 85.8 Å². The van der Waals surface area contributed by atoms with E-state index in [9.17, 15) is 14.4 Å². The molecule has 0 radical (unpaired) electrons. The van der Waals surface area contributed by atoms with E-state index in [1.54, 1.807) is 11.5 Å². The summed E-state index contributed by atoms with van der Waals surface area (Å²) in [6.45, 7) is 6.09. The number of ether oxygens (including phenoxy) is 1. The lowest BCUT2D eigenvalue weighted by Gasteiger charge is -2.21. The number of hydrogen-bond acceptors (Lipinski definition) is 6. The zero-order valence-corrected chi connectivity index (χ0v) is 18.1. The van der Waals surface area contributed by atoms with Crippen LogP contribution >= 0.6 is 11.3 Å². The van der Waals surface area contributed by atoms with E-state index in [0.717, 1.165) is 25.7 Å². The SMILES string of the molecule is Cc1c(C(=O)OC2CCCCC2)sc2nc(C(C)C)n(CCCC(N)=O)c(=O)c12. The molecule has 8 heteroatoms. The maximum absolute atomic E-state index is 13.2. The summed E-state index contributed by atoms with van der Waals surface area (Å²) < 4.78 is 7.33. The highest BCUT2D eigenvalue weighted by atomic mass is 32.1. The number of nitrogens with zero attached hydrogens (tertiary/aromatic N) is 2. The number of hydrogen-bond donors (Lipinski definition) is 1. The van der Waals surface area contributed by atoms with Gasteiger partial charge in [-0.05, 0) is 44.6 Å². The van der Waals surface area contributed by atoms with Gasteiger partial charge in [0.25, 0.3) is 5.56 Å². The summed E-state index contributed by atoms with van der Waals surface area (Å²) in [6.07, 6.45) is 5.80. The molecule has 158 valence electrons. The van der Waals surface area contributed by atoms with Crippen LogP contribution in [-0.4, -0.2) is 27.5 Å². The molecule has 0 unspecified atom stereocenters. The van der Waals surface area contributed by atoms with Crippen molar-refractivity contribution in [3.63, 3.8) is 0 Å². The Kier molecular flexibility index (Phi) is 6.72. The first-order valence-corrected chi connectivity index (χ1v) is 11.1. The maximum Gasteiger partial charge on any atom is 0.348 e. The molecular weight excluding hydrogens is 390 g/mol. The molecule has 0 aromatic carbocycles. The minimum Gasteiger partial charge on any atom is -0.458 e. The molecule has 0 spiro atoms. The van der Waals surface area contributed by atoms with E-state index in [1.165, 1.54) is 17.8 Å². The van der Waals surface area contributed by atoms with Crippen LogP contribution in [0, 0.1) is 6.92 Å². The van der Waals surface area contributed by atoms with Gasteiger partial charge < -0.3 is 10.5 Å². The minimum atomic E-state index is -0.391. The number of aryl methyl sites for hydroxylation is 1. The van der Waals surface area contributed by atoms with E-state index < -0.39 is 5.91 Å². The van der Waals surface area contributed by atoms with Crippen molar-refractivity contribution in [3.05, 3.63) is 26.6 Å². The van der Waals surface area contributed by atoms with Gasteiger partial charge >= 0.3 is 5.97 Å². The predicted molar refractivity (Wildman–Crippen MR) is 113 cm³/mol. The van der Waals surface area contributed by atoms with Crippen molar-refractivity contribution in [2.24, 2.45) is 5.73 Å². The largest absolute Gasteiger partial charge is 0.458 e. The lowest BCUT2D eigenvalue weighted by molar-refractivity contribution is -0.118. The number of carbonyl (C=O) groups excluding carboxylic acids is 2. The predicted octanol–water partition coefficient (Wildman–Crippen LogP) is 3.64. The highest BCUT2D eigenvalue weighted by Crippen LogP contribution is 2.30. The van der Waals surface area contributed by atoms with Crippen LogP contribution in [0.5, 0.6) is 0 Å². The molecule has 7 nitrogen and oxygen atoms in total. The van der Waals surface area contributed by atoms with Gasteiger partial charge in [-0.3, -0.25) is 14.2 Å². The van der Waals surface area contributed by atoms with Crippen molar-refractivity contribution in [1.82, 2.24) is 9.55 Å². The minimum absolute atomic E-state index is 0.0284. The fraction of sp³-hybridized carbons (Fsp3) is 0.619. The summed E-state index contributed by atoms with van der Waals surface area (Å²) in [5, 5.41) is 0.467. The molecule has 0 aliphatic heterocycles. The molecule has 2 heterocycles. The standard InChI is InChI=1S/C21H29N3O4S/c1-12(2)18-23-19-16(20(26)24(18)11-7-10-15(22)25)13(3)17(29-19)21(27)28-14-8-5-4-6-9-14/h12,14H,4-11H2,1-3H3,(H2,22,25). The van der Waals surface area contributed by atoms with Crippen LogP contribution in [0.25, 0.3) is 10.2 Å². The number of fused-ring (bicyclic) bond motifs is 1. The van der Waals surface area contributed by atoms with Gasteiger partial charge in [0, 0.05) is 18.9 Å². The fourth-order valence-electron chi connectivity index (χ4n) is 3.88. The molecule has 1 aliphatic rings. The molecule has 1 amide bonds. The van der Waals surface area contributed by atoms with Crippen molar-refractivity contribution >= 4 is 33.4 Å². The van der Waals surface area contributed by atoms with Crippen molar-refractivity contribution < 1.29 is 14.3 Å². The second kappa shape index (κ2) is 9.07. The van der Waals surface area contributed by atoms with Crippen LogP contribution in [0.15, 0.2) is 4.79 Å². The number of rotatable bonds is 7. The number of aromatic nitrogens is 2. The molecule has 1 aliphatic carbocycles. The lowest BCUT2D eigenvalue weighted by atomic mass is 9.98. The second-order valence-electron chi connectivity index (χ2n) is 8.05. The third-order valence-corrected chi connectivity index (χ3v) is 6.58. The second-order valence-corrected chi connectivity index (χ2v) is 9.05. The summed E-state index contributed by atoms with van der Waals surface area (Å²) in [7, 11) is 0. The van der Waals surface area contributed by atoms with Gasteiger partial charge in [0.2, 0.25) is 5.91 Å². The Labute approximate surface area is 174 Å². The van der Waals surface area contributed by atoms with Crippen LogP contribution in [0.2, 0.25) is 0 Å². The van der Waals surface area contributed by atoms with E-state index in [4.69, 9.17) is 15.5 Å². The highest BCUT2D eigenvalue weighted by Gasteiger charge is 2.25. The van der Waals surface area contributed by atoms with Gasteiger partial charge in [-0.15, -0.1) is 11.3 Å². The lowest BCUT2D eigenvalue weighted by Crippen LogP contribution is -2.27. The number of carbonyl (C=O) groups is 2. The number of nitrogens with two attached hydrogens (primary N) is 1. The molecule has 2 aromatic rings. The van der Waals surface area contributed by atoms with Crippen LogP contribution in [-0.2, 0) is 16.1 Å². The molecule has 29 heavy (non-hydrogen) atoms. The van der Waals surface area contributed by atoms with Gasteiger partial charge in [-0.1, -0.05) is 20.3 Å². The topological polar surface area (TPSA) is 104 Å². The molecule has 0 bridgehead atoms. The van der Waals surface area contributed by atoms with Gasteiger partial charge in [0.15, 0.2) is 0 Å². The molecule has 1 saturated carbocycles. The van der Waals surface area contributed by atoms with E-state index in [2.05, 4.69) is 0 Å². The summed E-state index contributed by atoms with van der Waals surface area (Å²) in [5.41, 5.74) is 5.68. The Morgan fingerprint density at radius 2 is 1.97 bits per heavy atom. The van der Waals surface area contributed by atoms with E-state index in [1.807, 2.05) is 13.8 Å². The van der Waals surface area contributed by atoms with E-state index >= 15 is 0 Å². The Hall–Kier alpha value is -2.22. The van der Waals surface area contributed by atoms with Gasteiger partial charge in [0.05, 0.1) is 5.39 Å². The number of amides is 1. The third kappa shape index (κ3) is 4.69. The van der Waals surface area contributed by atoms with Crippen molar-refractivity contribution in [3.8, 4) is 0 Å². The summed E-state index contributed by atoms with van der Waals surface area (Å²) >= 11 is 1.23. The van der Waals surface area contributed by atoms with Crippen molar-refractivity contribution in [2.45, 2.75) is 84.3 Å². The Morgan fingerprint density at radius 3 is 2.59 bits per heavy atom. The fourth-order valence-corrected chi connectivity index (χ4v) is 4.94. The van der Waals surface area contributed by atoms with Crippen LogP contribution < -0.4 is 11.3 Å². The Bertz CT molecular complexity index is 970. The molecule has 0 atom stereocenters. The third-order valence-electron chi connectivity index (χ3n) is 5.41. The normalized spacial score (nSPS) is 15.2. The van der Waals surface area contributed by atoms with E-state index in [-0.39, 0.29) is 30.0 Å². The van der Waals surface area contributed by atoms with Gasteiger partial charge in [-0.25, -0.2) is 9.78 Å². The number of esters is 1. The first kappa shape index (κ1) is 21.5. The van der Waals surface area contributed by atoms with Crippen molar-refractivity contribution in [1.29, 1.82) is 0 Å². The maximum atomic E-state index is 13.2. The summed E-state index contributed by atoms with van der Waals surface area (Å²) in [6, 6.07) is 0. The highest BCUT2D eigenvalue weighted by molar-refractivity contribution is 7.20. The number of primary amides is 1. The van der Waals surface area contributed by atoms with Crippen LogP contribution in [0.3, 0.4) is 0 Å². The zero-order valence-electron chi connectivity index (χ0n) is 17.3. The summed E-state index contributed by atoms with van der Waals surface area (Å²) in [5.74, 6) is -0.0676. The van der Waals surface area contributed by atoms with Crippen molar-refractivity contribution in [2.75, 3.05) is 0 Å². The molecule has 0 saturated heterocycles. The van der Waals surface area contributed by atoms with Gasteiger partial charge in [-0.2, -0.15) is 0 Å². The first-order valence-electron chi connectivity index (χ1n) is 10.3. The average molecular weight is 420 g/mol. The quantitative estimate of drug-likeness (QED) is 0.690. The molecule has 3 rings (SSSR count). The zero-order chi connectivity index (χ0) is 21.1. The van der Waals surface area contributed by atoms with Crippen LogP contribution in [0.4, 0.5) is 0 Å². The van der Waals surface area contributed by atoms with E-state index in [0.29, 0.717) is 39.4 Å². The average Bonchev–Trinajstić information content (AvgIpc) is 3.00. The molecule has 2 N–H and O–H groups in total. The Morgan fingerprint density at radius 1 is 1.28 bits per heavy atom. The Balaban J connectivity index is 1.97. The molecule has 2 aromatic heterocycles. The monoisotopic (exact) mass is 419 g/mol.